The van der Waals surface area contributed by atoms with Crippen LogP contribution in [0.5, 0.6) is 0 Å². The summed E-state index contributed by atoms with van der Waals surface area (Å²) >= 11 is 0. The molecular formula is C38H24N2. The van der Waals surface area contributed by atoms with E-state index in [1.165, 1.54) is 44.2 Å². The molecule has 2 nitrogen and oxygen atoms in total. The van der Waals surface area contributed by atoms with Gasteiger partial charge in [0.2, 0.25) is 0 Å². The van der Waals surface area contributed by atoms with Gasteiger partial charge in [0, 0.05) is 16.7 Å². The quantitative estimate of drug-likeness (QED) is 0.236. The predicted molar refractivity (Wildman–Crippen MR) is 166 cm³/mol. The summed E-state index contributed by atoms with van der Waals surface area (Å²) in [5.41, 5.74) is 12.7. The summed E-state index contributed by atoms with van der Waals surface area (Å²) in [5.74, 6) is 0.730. The van der Waals surface area contributed by atoms with Gasteiger partial charge in [0.15, 0.2) is 5.82 Å². The van der Waals surface area contributed by atoms with E-state index < -0.39 is 0 Å². The van der Waals surface area contributed by atoms with E-state index in [0.717, 1.165) is 33.9 Å². The molecule has 2 heteroatoms. The molecule has 0 saturated carbocycles. The van der Waals surface area contributed by atoms with E-state index in [4.69, 9.17) is 9.97 Å². The van der Waals surface area contributed by atoms with Gasteiger partial charge >= 0.3 is 0 Å². The molecule has 0 bridgehead atoms. The third-order valence-corrected chi connectivity index (χ3v) is 7.83. The molecule has 1 aromatic heterocycles. The van der Waals surface area contributed by atoms with Gasteiger partial charge in [-0.3, -0.25) is 0 Å². The summed E-state index contributed by atoms with van der Waals surface area (Å²) in [5, 5.41) is 2.63. The van der Waals surface area contributed by atoms with Gasteiger partial charge in [0.1, 0.15) is 0 Å². The van der Waals surface area contributed by atoms with Gasteiger partial charge < -0.3 is 0 Å². The second-order valence-corrected chi connectivity index (χ2v) is 10.2. The van der Waals surface area contributed by atoms with Crippen LogP contribution in [-0.4, -0.2) is 9.97 Å². The average molecular weight is 509 g/mol. The molecule has 0 atom stereocenters. The average Bonchev–Trinajstić information content (AvgIpc) is 3.36. The maximum atomic E-state index is 4.99. The normalized spacial score (nSPS) is 11.5. The summed E-state index contributed by atoms with van der Waals surface area (Å²) < 4.78 is 0. The number of hydrogen-bond donors (Lipinski definition) is 0. The first-order chi connectivity index (χ1) is 19.8. The third-order valence-electron chi connectivity index (χ3n) is 7.83. The van der Waals surface area contributed by atoms with Crippen molar-refractivity contribution < 1.29 is 0 Å². The first-order valence-electron chi connectivity index (χ1n) is 13.6. The second-order valence-electron chi connectivity index (χ2n) is 10.2. The molecule has 7 aromatic rings. The van der Waals surface area contributed by atoms with E-state index >= 15 is 0 Å². The monoisotopic (exact) mass is 508 g/mol. The van der Waals surface area contributed by atoms with Crippen LogP contribution in [0.2, 0.25) is 0 Å². The highest BCUT2D eigenvalue weighted by Gasteiger charge is 2.21. The molecule has 1 aliphatic carbocycles. The molecule has 0 N–H and O–H groups in total. The van der Waals surface area contributed by atoms with Crippen LogP contribution in [0.1, 0.15) is 0 Å². The standard InChI is InChI=1S/C38H24N2/c1-3-10-26(11-4-1)35-24-36(40-38(39-35)28-12-5-2-6-13-28)27-20-18-25(19-21-27)30-22-29-14-9-17-33-31-15-7-8-16-32(31)34(23-30)37(29)33/h1-24H. The molecule has 0 unspecified atom stereocenters. The number of benzene rings is 6. The summed E-state index contributed by atoms with van der Waals surface area (Å²) in [4.78, 5) is 9.92. The first-order valence-corrected chi connectivity index (χ1v) is 13.6. The Balaban J connectivity index is 1.22. The lowest BCUT2D eigenvalue weighted by Gasteiger charge is -2.11. The van der Waals surface area contributed by atoms with Crippen LogP contribution in [0, 0.1) is 0 Å². The molecule has 40 heavy (non-hydrogen) atoms. The van der Waals surface area contributed by atoms with Crippen molar-refractivity contribution in [3.63, 3.8) is 0 Å². The summed E-state index contributed by atoms with van der Waals surface area (Å²) in [6.45, 7) is 0. The second kappa shape index (κ2) is 9.14. The van der Waals surface area contributed by atoms with E-state index in [0.29, 0.717) is 0 Å². The minimum atomic E-state index is 0.730. The number of aromatic nitrogens is 2. The van der Waals surface area contributed by atoms with Crippen molar-refractivity contribution in [2.75, 3.05) is 0 Å². The molecule has 1 heterocycles. The molecule has 0 amide bonds. The van der Waals surface area contributed by atoms with E-state index in [-0.39, 0.29) is 0 Å². The maximum absolute atomic E-state index is 4.99. The van der Waals surface area contributed by atoms with Gasteiger partial charge in [0.05, 0.1) is 11.4 Å². The Morgan fingerprint density at radius 1 is 0.325 bits per heavy atom. The van der Waals surface area contributed by atoms with Crippen LogP contribution >= 0.6 is 0 Å². The van der Waals surface area contributed by atoms with Crippen LogP contribution in [0.3, 0.4) is 0 Å². The summed E-state index contributed by atoms with van der Waals surface area (Å²) in [6.07, 6.45) is 0. The fourth-order valence-electron chi connectivity index (χ4n) is 5.89. The third kappa shape index (κ3) is 3.73. The lowest BCUT2D eigenvalue weighted by Crippen LogP contribution is -1.95. The molecule has 186 valence electrons. The highest BCUT2D eigenvalue weighted by Crippen LogP contribution is 2.48. The van der Waals surface area contributed by atoms with E-state index in [2.05, 4.69) is 109 Å². The van der Waals surface area contributed by atoms with Crippen molar-refractivity contribution in [3.8, 4) is 67.3 Å². The zero-order valence-corrected chi connectivity index (χ0v) is 21.8. The summed E-state index contributed by atoms with van der Waals surface area (Å²) in [7, 11) is 0. The van der Waals surface area contributed by atoms with Gasteiger partial charge in [0.25, 0.3) is 0 Å². The first kappa shape index (κ1) is 22.6. The minimum absolute atomic E-state index is 0.730. The van der Waals surface area contributed by atoms with Gasteiger partial charge in [-0.25, -0.2) is 9.97 Å². The molecule has 0 fully saturated rings. The fraction of sp³-hybridized carbons (Fsp3) is 0. The van der Waals surface area contributed by atoms with Crippen molar-refractivity contribution in [1.82, 2.24) is 9.97 Å². The Bertz CT molecular complexity index is 1970. The van der Waals surface area contributed by atoms with Crippen molar-refractivity contribution in [3.05, 3.63) is 146 Å². The Labute approximate surface area is 233 Å². The fourth-order valence-corrected chi connectivity index (χ4v) is 5.89. The lowest BCUT2D eigenvalue weighted by atomic mass is 9.95. The zero-order chi connectivity index (χ0) is 26.5. The van der Waals surface area contributed by atoms with E-state index in [1.54, 1.807) is 0 Å². The largest absolute Gasteiger partial charge is 0.228 e. The smallest absolute Gasteiger partial charge is 0.160 e. The van der Waals surface area contributed by atoms with E-state index in [1.807, 2.05) is 36.4 Å². The molecular weight excluding hydrogens is 484 g/mol. The zero-order valence-electron chi connectivity index (χ0n) is 21.8. The predicted octanol–water partition coefficient (Wildman–Crippen LogP) is 9.95. The maximum Gasteiger partial charge on any atom is 0.160 e. The van der Waals surface area contributed by atoms with Crippen LogP contribution in [0.25, 0.3) is 78.1 Å². The lowest BCUT2D eigenvalue weighted by molar-refractivity contribution is 1.18. The Morgan fingerprint density at radius 3 is 1.57 bits per heavy atom. The molecule has 0 spiro atoms. The Kier molecular flexibility index (Phi) is 5.17. The number of rotatable bonds is 4. The van der Waals surface area contributed by atoms with Crippen LogP contribution in [-0.2, 0) is 0 Å². The highest BCUT2D eigenvalue weighted by molar-refractivity contribution is 6.16. The van der Waals surface area contributed by atoms with Crippen molar-refractivity contribution in [2.24, 2.45) is 0 Å². The molecule has 6 aromatic carbocycles. The molecule has 1 aliphatic rings. The van der Waals surface area contributed by atoms with Gasteiger partial charge in [-0.05, 0) is 62.4 Å². The topological polar surface area (TPSA) is 25.8 Å². The number of hydrogen-bond acceptors (Lipinski definition) is 2. The molecule has 0 radical (unpaired) electrons. The Hall–Kier alpha value is -5.34. The highest BCUT2D eigenvalue weighted by atomic mass is 14.9. The molecule has 0 saturated heterocycles. The molecule has 0 aliphatic heterocycles. The van der Waals surface area contributed by atoms with E-state index in [9.17, 15) is 0 Å². The van der Waals surface area contributed by atoms with Crippen LogP contribution in [0.15, 0.2) is 146 Å². The van der Waals surface area contributed by atoms with Crippen molar-refractivity contribution in [1.29, 1.82) is 0 Å². The molecule has 8 rings (SSSR count). The van der Waals surface area contributed by atoms with Crippen molar-refractivity contribution >= 4 is 10.8 Å². The summed E-state index contributed by atoms with van der Waals surface area (Å²) in [6, 6.07) is 51.4. The number of fused-ring (bicyclic) bond motifs is 3. The minimum Gasteiger partial charge on any atom is -0.228 e. The number of nitrogens with zero attached hydrogens (tertiary/aromatic N) is 2. The van der Waals surface area contributed by atoms with Gasteiger partial charge in [-0.1, -0.05) is 127 Å². The SMILES string of the molecule is c1ccc(-c2cc(-c3ccc(-c4cc5c6c(cccc6c4)-c4ccccc4-5)cc3)nc(-c3ccccc3)n2)cc1. The van der Waals surface area contributed by atoms with Crippen LogP contribution in [0.4, 0.5) is 0 Å². The van der Waals surface area contributed by atoms with Crippen LogP contribution < -0.4 is 0 Å². The Morgan fingerprint density at radius 2 is 0.875 bits per heavy atom. The van der Waals surface area contributed by atoms with Gasteiger partial charge in [-0.2, -0.15) is 0 Å². The van der Waals surface area contributed by atoms with Crippen molar-refractivity contribution in [2.45, 2.75) is 0 Å². The van der Waals surface area contributed by atoms with Gasteiger partial charge in [-0.15, -0.1) is 0 Å².